The first-order valence-electron chi connectivity index (χ1n) is 10.5. The minimum Gasteiger partial charge on any atom is -0.0613 e. The lowest BCUT2D eigenvalue weighted by molar-refractivity contribution is 1.02. The van der Waals surface area contributed by atoms with Crippen molar-refractivity contribution >= 4 is 43.1 Å². The van der Waals surface area contributed by atoms with Crippen molar-refractivity contribution in [2.75, 3.05) is 0 Å². The fourth-order valence-corrected chi connectivity index (χ4v) is 5.66. The smallest absolute Gasteiger partial charge is 0.00205 e. The molecule has 0 unspecified atom stereocenters. The number of hydrogen-bond donors (Lipinski definition) is 0. The van der Waals surface area contributed by atoms with Gasteiger partial charge in [-0.05, 0) is 90.7 Å². The number of hydrogen-bond acceptors (Lipinski definition) is 0. The molecule has 0 bridgehead atoms. The predicted octanol–water partition coefficient (Wildman–Crippen LogP) is 7.81. The molecule has 0 N–H and O–H groups in total. The van der Waals surface area contributed by atoms with E-state index in [0.29, 0.717) is 0 Å². The first kappa shape index (κ1) is 15.5. The van der Waals surface area contributed by atoms with Crippen LogP contribution in [0.4, 0.5) is 0 Å². The maximum absolute atomic E-state index is 2.36. The maximum Gasteiger partial charge on any atom is -0.00205 e. The Kier molecular flexibility index (Phi) is 2.87. The SMILES string of the molecule is Cc1ccc2ccc3c(-c4ccc5c6c(cccc46)CC5)ccc4ccc1c2c43. The van der Waals surface area contributed by atoms with Crippen molar-refractivity contribution < 1.29 is 0 Å². The fraction of sp³-hybridized carbons (Fsp3) is 0.103. The molecule has 0 saturated heterocycles. The van der Waals surface area contributed by atoms with Crippen molar-refractivity contribution in [3.05, 3.63) is 95.6 Å². The van der Waals surface area contributed by atoms with Crippen LogP contribution in [0.5, 0.6) is 0 Å². The fourth-order valence-electron chi connectivity index (χ4n) is 5.66. The maximum atomic E-state index is 2.36. The Morgan fingerprint density at radius 2 is 1.07 bits per heavy atom. The van der Waals surface area contributed by atoms with Gasteiger partial charge in [0.1, 0.15) is 0 Å². The molecule has 0 nitrogen and oxygen atoms in total. The molecule has 0 spiro atoms. The van der Waals surface area contributed by atoms with Crippen molar-refractivity contribution in [3.8, 4) is 11.1 Å². The number of benzene rings is 6. The van der Waals surface area contributed by atoms with Gasteiger partial charge in [-0.25, -0.2) is 0 Å². The molecule has 0 heteroatoms. The van der Waals surface area contributed by atoms with Crippen molar-refractivity contribution in [1.82, 2.24) is 0 Å². The lowest BCUT2D eigenvalue weighted by atomic mass is 9.87. The third-order valence-electron chi connectivity index (χ3n) is 7.05. The van der Waals surface area contributed by atoms with E-state index in [4.69, 9.17) is 0 Å². The molecule has 0 fully saturated rings. The van der Waals surface area contributed by atoms with E-state index in [1.54, 1.807) is 0 Å². The zero-order valence-electron chi connectivity index (χ0n) is 16.4. The van der Waals surface area contributed by atoms with Crippen LogP contribution in [-0.4, -0.2) is 0 Å². The van der Waals surface area contributed by atoms with Gasteiger partial charge in [-0.2, -0.15) is 0 Å². The topological polar surface area (TPSA) is 0 Å². The van der Waals surface area contributed by atoms with Gasteiger partial charge < -0.3 is 0 Å². The van der Waals surface area contributed by atoms with E-state index in [-0.39, 0.29) is 0 Å². The van der Waals surface area contributed by atoms with Crippen LogP contribution in [0.1, 0.15) is 16.7 Å². The first-order chi connectivity index (χ1) is 14.3. The van der Waals surface area contributed by atoms with Crippen LogP contribution in [0.2, 0.25) is 0 Å². The molecule has 0 amide bonds. The van der Waals surface area contributed by atoms with Gasteiger partial charge in [-0.3, -0.25) is 0 Å². The van der Waals surface area contributed by atoms with E-state index >= 15 is 0 Å². The molecule has 1 aliphatic carbocycles. The average Bonchev–Trinajstić information content (AvgIpc) is 3.19. The van der Waals surface area contributed by atoms with E-state index in [1.165, 1.54) is 83.7 Å². The quantitative estimate of drug-likeness (QED) is 0.260. The Hall–Kier alpha value is -3.38. The van der Waals surface area contributed by atoms with Gasteiger partial charge in [0, 0.05) is 0 Å². The van der Waals surface area contributed by atoms with Gasteiger partial charge in [-0.15, -0.1) is 0 Å². The van der Waals surface area contributed by atoms with Gasteiger partial charge in [0.05, 0.1) is 0 Å². The average molecular weight is 368 g/mol. The summed E-state index contributed by atoms with van der Waals surface area (Å²) in [6, 6.07) is 29.9. The second-order valence-electron chi connectivity index (χ2n) is 8.53. The molecule has 0 heterocycles. The molecule has 0 atom stereocenters. The zero-order chi connectivity index (χ0) is 19.1. The summed E-state index contributed by atoms with van der Waals surface area (Å²) >= 11 is 0. The Labute approximate surface area is 169 Å². The number of aryl methyl sites for hydroxylation is 3. The molecule has 6 aromatic carbocycles. The normalized spacial score (nSPS) is 13.4. The van der Waals surface area contributed by atoms with Gasteiger partial charge >= 0.3 is 0 Å². The van der Waals surface area contributed by atoms with Crippen molar-refractivity contribution in [1.29, 1.82) is 0 Å². The largest absolute Gasteiger partial charge is 0.0613 e. The molecule has 0 saturated carbocycles. The molecule has 0 aliphatic heterocycles. The van der Waals surface area contributed by atoms with E-state index < -0.39 is 0 Å². The highest BCUT2D eigenvalue weighted by Gasteiger charge is 2.18. The molecule has 29 heavy (non-hydrogen) atoms. The highest BCUT2D eigenvalue weighted by Crippen LogP contribution is 2.43. The summed E-state index contributed by atoms with van der Waals surface area (Å²) in [5.41, 5.74) is 7.08. The van der Waals surface area contributed by atoms with E-state index in [1.807, 2.05) is 0 Å². The second-order valence-corrected chi connectivity index (χ2v) is 8.53. The van der Waals surface area contributed by atoms with Crippen LogP contribution in [0.3, 0.4) is 0 Å². The van der Waals surface area contributed by atoms with Gasteiger partial charge in [-0.1, -0.05) is 78.9 Å². The molecule has 1 aliphatic rings. The molecule has 6 aromatic rings. The lowest BCUT2D eigenvalue weighted by Gasteiger charge is -2.16. The Morgan fingerprint density at radius 1 is 0.483 bits per heavy atom. The minimum absolute atomic E-state index is 1.17. The van der Waals surface area contributed by atoms with Crippen molar-refractivity contribution in [2.45, 2.75) is 19.8 Å². The summed E-state index contributed by atoms with van der Waals surface area (Å²) < 4.78 is 0. The standard InChI is InChI=1S/C29H20/c1-17-5-6-20-12-16-26-24(15-11-21-9-13-22(17)28(20)29(21)26)23-14-10-19-8-7-18-3-2-4-25(23)27(18)19/h2-6,9-16H,7-8H2,1H3. The summed E-state index contributed by atoms with van der Waals surface area (Å²) in [7, 11) is 0. The van der Waals surface area contributed by atoms with Crippen LogP contribution < -0.4 is 0 Å². The Bertz CT molecular complexity index is 1590. The first-order valence-corrected chi connectivity index (χ1v) is 10.5. The molecule has 7 rings (SSSR count). The monoisotopic (exact) mass is 368 g/mol. The van der Waals surface area contributed by atoms with Crippen molar-refractivity contribution in [2.24, 2.45) is 0 Å². The lowest BCUT2D eigenvalue weighted by Crippen LogP contribution is -1.90. The van der Waals surface area contributed by atoms with Gasteiger partial charge in [0.15, 0.2) is 0 Å². The molecule has 0 radical (unpaired) electrons. The zero-order valence-corrected chi connectivity index (χ0v) is 16.4. The van der Waals surface area contributed by atoms with Gasteiger partial charge in [0.25, 0.3) is 0 Å². The molecular formula is C29H20. The van der Waals surface area contributed by atoms with Crippen LogP contribution >= 0.6 is 0 Å². The van der Waals surface area contributed by atoms with Gasteiger partial charge in [0.2, 0.25) is 0 Å². The minimum atomic E-state index is 1.17. The van der Waals surface area contributed by atoms with Crippen LogP contribution in [0.25, 0.3) is 54.2 Å². The van der Waals surface area contributed by atoms with E-state index in [9.17, 15) is 0 Å². The molecular weight excluding hydrogens is 348 g/mol. The van der Waals surface area contributed by atoms with Crippen LogP contribution in [-0.2, 0) is 12.8 Å². The summed E-state index contributed by atoms with van der Waals surface area (Å²) in [6.45, 7) is 2.22. The third kappa shape index (κ3) is 1.94. The van der Waals surface area contributed by atoms with Crippen LogP contribution in [0, 0.1) is 6.92 Å². The van der Waals surface area contributed by atoms with Crippen molar-refractivity contribution in [3.63, 3.8) is 0 Å². The predicted molar refractivity (Wildman–Crippen MR) is 125 cm³/mol. The summed E-state index contributed by atoms with van der Waals surface area (Å²) in [4.78, 5) is 0. The Morgan fingerprint density at radius 3 is 1.90 bits per heavy atom. The summed E-state index contributed by atoms with van der Waals surface area (Å²) in [5.74, 6) is 0. The summed E-state index contributed by atoms with van der Waals surface area (Å²) in [5, 5.41) is 11.1. The van der Waals surface area contributed by atoms with Crippen LogP contribution in [0.15, 0.2) is 78.9 Å². The third-order valence-corrected chi connectivity index (χ3v) is 7.05. The molecule has 136 valence electrons. The number of rotatable bonds is 1. The highest BCUT2D eigenvalue weighted by atomic mass is 14.2. The second kappa shape index (κ2) is 5.36. The highest BCUT2D eigenvalue weighted by molar-refractivity contribution is 6.26. The summed E-state index contributed by atoms with van der Waals surface area (Å²) in [6.07, 6.45) is 2.35. The van der Waals surface area contributed by atoms with E-state index in [2.05, 4.69) is 85.8 Å². The Balaban J connectivity index is 1.66. The van der Waals surface area contributed by atoms with E-state index in [0.717, 1.165) is 0 Å². The molecule has 0 aromatic heterocycles.